The summed E-state index contributed by atoms with van der Waals surface area (Å²) in [7, 11) is 4.44. The zero-order valence-corrected chi connectivity index (χ0v) is 14.9. The molecule has 2 aromatic rings. The minimum absolute atomic E-state index is 0.0174. The van der Waals surface area contributed by atoms with Crippen LogP contribution in [0, 0.1) is 10.1 Å². The average molecular weight is 374 g/mol. The number of hydrazone groups is 1. The highest BCUT2D eigenvalue weighted by atomic mass is 16.6. The smallest absolute Gasteiger partial charge is 0.272 e. The van der Waals surface area contributed by atoms with Crippen molar-refractivity contribution in [3.8, 4) is 17.2 Å². The summed E-state index contributed by atoms with van der Waals surface area (Å²) in [5.41, 5.74) is 8.27. The molecule has 0 aromatic heterocycles. The largest absolute Gasteiger partial charge is 0.493 e. The minimum Gasteiger partial charge on any atom is -0.493 e. The van der Waals surface area contributed by atoms with Crippen molar-refractivity contribution in [2.75, 3.05) is 27.1 Å². The Morgan fingerprint density at radius 3 is 2.26 bits per heavy atom. The first-order chi connectivity index (χ1) is 12.9. The monoisotopic (exact) mass is 374 g/mol. The summed E-state index contributed by atoms with van der Waals surface area (Å²) >= 11 is 0. The molecule has 1 amide bonds. The van der Waals surface area contributed by atoms with Gasteiger partial charge in [0.2, 0.25) is 5.75 Å². The Hall–Kier alpha value is -3.82. The maximum Gasteiger partial charge on any atom is 0.272 e. The molecule has 0 spiro atoms. The topological polar surface area (TPSA) is 138 Å². The van der Waals surface area contributed by atoms with Crippen molar-refractivity contribution < 1.29 is 23.9 Å². The Morgan fingerprint density at radius 2 is 1.74 bits per heavy atom. The van der Waals surface area contributed by atoms with Gasteiger partial charge < -0.3 is 19.9 Å². The molecule has 2 rings (SSSR count). The van der Waals surface area contributed by atoms with Crippen molar-refractivity contribution in [1.29, 1.82) is 0 Å². The lowest BCUT2D eigenvalue weighted by molar-refractivity contribution is -0.384. The van der Waals surface area contributed by atoms with E-state index in [9.17, 15) is 14.9 Å². The zero-order chi connectivity index (χ0) is 20.0. The molecule has 142 valence electrons. The van der Waals surface area contributed by atoms with Gasteiger partial charge in [0.05, 0.1) is 38.0 Å². The second kappa shape index (κ2) is 8.52. The summed E-state index contributed by atoms with van der Waals surface area (Å²) in [5.74, 6) is 0.634. The van der Waals surface area contributed by atoms with Crippen molar-refractivity contribution in [2.45, 2.75) is 0 Å². The number of nitrogens with zero attached hydrogens (tertiary/aromatic N) is 2. The molecule has 2 aromatic carbocycles. The Kier molecular flexibility index (Phi) is 6.15. The summed E-state index contributed by atoms with van der Waals surface area (Å²) < 4.78 is 15.7. The van der Waals surface area contributed by atoms with Gasteiger partial charge >= 0.3 is 0 Å². The number of ether oxygens (including phenoxy) is 3. The van der Waals surface area contributed by atoms with Gasteiger partial charge in [0.15, 0.2) is 11.5 Å². The van der Waals surface area contributed by atoms with E-state index in [1.165, 1.54) is 33.6 Å². The first-order valence-electron chi connectivity index (χ1n) is 7.58. The molecule has 0 bridgehead atoms. The second-order valence-corrected chi connectivity index (χ2v) is 5.23. The van der Waals surface area contributed by atoms with Gasteiger partial charge in [0, 0.05) is 23.4 Å². The molecule has 0 aliphatic carbocycles. The number of nitro benzene ring substituents is 1. The molecule has 0 heterocycles. The number of nitrogen functional groups attached to an aromatic ring is 1. The third kappa shape index (κ3) is 4.63. The van der Waals surface area contributed by atoms with E-state index in [1.807, 2.05) is 0 Å². The molecule has 0 radical (unpaired) electrons. The molecular weight excluding hydrogens is 356 g/mol. The van der Waals surface area contributed by atoms with Gasteiger partial charge in [0.25, 0.3) is 11.6 Å². The standard InChI is InChI=1S/C17H18N4O6/c1-25-14-4-10(5-15(26-2)16(14)27-3)9-19-20-17(22)11-6-12(18)8-13(7-11)21(23)24/h4-9H,18H2,1-3H3,(H,20,22)/b19-9-. The van der Waals surface area contributed by atoms with Crippen LogP contribution in [-0.4, -0.2) is 38.4 Å². The maximum absolute atomic E-state index is 12.1. The molecule has 0 aliphatic heterocycles. The van der Waals surface area contributed by atoms with Crippen LogP contribution in [0.1, 0.15) is 15.9 Å². The number of non-ortho nitro benzene ring substituents is 1. The molecule has 10 heteroatoms. The molecule has 0 aliphatic rings. The van der Waals surface area contributed by atoms with Gasteiger partial charge in [-0.1, -0.05) is 0 Å². The van der Waals surface area contributed by atoms with E-state index >= 15 is 0 Å². The molecule has 0 unspecified atom stereocenters. The Labute approximate surface area is 154 Å². The third-order valence-corrected chi connectivity index (χ3v) is 3.48. The van der Waals surface area contributed by atoms with E-state index in [0.717, 1.165) is 12.1 Å². The second-order valence-electron chi connectivity index (χ2n) is 5.23. The van der Waals surface area contributed by atoms with Gasteiger partial charge in [-0.15, -0.1) is 0 Å². The van der Waals surface area contributed by atoms with Crippen LogP contribution in [0.15, 0.2) is 35.4 Å². The predicted octanol–water partition coefficient (Wildman–Crippen LogP) is 1.97. The summed E-state index contributed by atoms with van der Waals surface area (Å²) in [5, 5.41) is 14.7. The highest BCUT2D eigenvalue weighted by Gasteiger charge is 2.14. The van der Waals surface area contributed by atoms with E-state index in [1.54, 1.807) is 12.1 Å². The summed E-state index contributed by atoms with van der Waals surface area (Å²) in [6, 6.07) is 6.87. The molecule has 3 N–H and O–H groups in total. The van der Waals surface area contributed by atoms with E-state index in [2.05, 4.69) is 10.5 Å². The number of hydrogen-bond acceptors (Lipinski definition) is 8. The van der Waals surface area contributed by atoms with Gasteiger partial charge in [-0.2, -0.15) is 5.10 Å². The number of benzene rings is 2. The van der Waals surface area contributed by atoms with Crippen molar-refractivity contribution in [3.05, 3.63) is 51.6 Å². The van der Waals surface area contributed by atoms with Crippen LogP contribution in [0.3, 0.4) is 0 Å². The van der Waals surface area contributed by atoms with Gasteiger partial charge in [-0.25, -0.2) is 5.43 Å². The first kappa shape index (κ1) is 19.5. The number of hydrogen-bond donors (Lipinski definition) is 2. The van der Waals surface area contributed by atoms with Crippen LogP contribution < -0.4 is 25.4 Å². The van der Waals surface area contributed by atoms with Gasteiger partial charge in [-0.3, -0.25) is 14.9 Å². The quantitative estimate of drug-likeness (QED) is 0.327. The van der Waals surface area contributed by atoms with E-state index in [4.69, 9.17) is 19.9 Å². The number of anilines is 1. The van der Waals surface area contributed by atoms with Crippen molar-refractivity contribution in [3.63, 3.8) is 0 Å². The lowest BCUT2D eigenvalue weighted by Gasteiger charge is -2.12. The van der Waals surface area contributed by atoms with Crippen molar-refractivity contribution in [2.24, 2.45) is 5.10 Å². The first-order valence-corrected chi connectivity index (χ1v) is 7.58. The number of carbonyl (C=O) groups excluding carboxylic acids is 1. The highest BCUT2D eigenvalue weighted by Crippen LogP contribution is 2.37. The van der Waals surface area contributed by atoms with E-state index in [-0.39, 0.29) is 16.9 Å². The lowest BCUT2D eigenvalue weighted by Crippen LogP contribution is -2.18. The summed E-state index contributed by atoms with van der Waals surface area (Å²) in [4.78, 5) is 22.4. The number of nitro groups is 1. The fourth-order valence-electron chi connectivity index (χ4n) is 2.28. The molecule has 0 atom stereocenters. The molecule has 27 heavy (non-hydrogen) atoms. The van der Waals surface area contributed by atoms with Crippen LogP contribution in [0.2, 0.25) is 0 Å². The maximum atomic E-state index is 12.1. The molecule has 0 saturated carbocycles. The van der Waals surface area contributed by atoms with Crippen LogP contribution >= 0.6 is 0 Å². The van der Waals surface area contributed by atoms with Crippen molar-refractivity contribution >= 4 is 23.5 Å². The van der Waals surface area contributed by atoms with Crippen LogP contribution in [-0.2, 0) is 0 Å². The molecule has 0 saturated heterocycles. The number of amides is 1. The van der Waals surface area contributed by atoms with E-state index < -0.39 is 10.8 Å². The molecular formula is C17H18N4O6. The summed E-state index contributed by atoms with van der Waals surface area (Å²) in [6.07, 6.45) is 1.36. The number of nitrogens with one attached hydrogen (secondary N) is 1. The van der Waals surface area contributed by atoms with Gasteiger partial charge in [0.1, 0.15) is 0 Å². The molecule has 0 fully saturated rings. The van der Waals surface area contributed by atoms with Crippen LogP contribution in [0.25, 0.3) is 0 Å². The number of rotatable bonds is 7. The summed E-state index contributed by atoms with van der Waals surface area (Å²) in [6.45, 7) is 0. The zero-order valence-electron chi connectivity index (χ0n) is 14.9. The minimum atomic E-state index is -0.644. The predicted molar refractivity (Wildman–Crippen MR) is 98.7 cm³/mol. The number of nitrogens with two attached hydrogens (primary N) is 1. The fraction of sp³-hybridized carbons (Fsp3) is 0.176. The normalized spacial score (nSPS) is 10.5. The number of carbonyl (C=O) groups is 1. The average Bonchev–Trinajstić information content (AvgIpc) is 2.66. The van der Waals surface area contributed by atoms with Crippen LogP contribution in [0.5, 0.6) is 17.2 Å². The highest BCUT2D eigenvalue weighted by molar-refractivity contribution is 5.96. The number of methoxy groups -OCH3 is 3. The van der Waals surface area contributed by atoms with Crippen molar-refractivity contribution in [1.82, 2.24) is 5.43 Å². The van der Waals surface area contributed by atoms with Crippen LogP contribution in [0.4, 0.5) is 11.4 Å². The SMILES string of the molecule is COc1cc(/C=N\NC(=O)c2cc(N)cc([N+](=O)[O-])c2)cc(OC)c1OC. The van der Waals surface area contributed by atoms with Gasteiger partial charge in [-0.05, 0) is 18.2 Å². The Bertz CT molecular complexity index is 872. The Balaban J connectivity index is 2.20. The lowest BCUT2D eigenvalue weighted by atomic mass is 10.1. The Morgan fingerprint density at radius 1 is 1.11 bits per heavy atom. The third-order valence-electron chi connectivity index (χ3n) is 3.48. The van der Waals surface area contributed by atoms with E-state index in [0.29, 0.717) is 22.8 Å². The fourth-order valence-corrected chi connectivity index (χ4v) is 2.28. The molecule has 10 nitrogen and oxygen atoms in total.